The second kappa shape index (κ2) is 4.25. The SMILES string of the molecule is Cn1ccn(Cc2ccc(C(=O)O)cn2)c1=O. The normalized spacial score (nSPS) is 10.4. The summed E-state index contributed by atoms with van der Waals surface area (Å²) in [6, 6.07) is 3.07. The fraction of sp³-hybridized carbons (Fsp3) is 0.182. The molecule has 0 amide bonds. The highest BCUT2D eigenvalue weighted by atomic mass is 16.4. The monoisotopic (exact) mass is 233 g/mol. The van der Waals surface area contributed by atoms with Crippen LogP contribution in [0.3, 0.4) is 0 Å². The Bertz CT molecular complexity index is 595. The van der Waals surface area contributed by atoms with Gasteiger partial charge in [0, 0.05) is 25.6 Å². The molecule has 0 aliphatic rings. The molecule has 2 aromatic heterocycles. The van der Waals surface area contributed by atoms with Crippen molar-refractivity contribution in [2.75, 3.05) is 0 Å². The van der Waals surface area contributed by atoms with Crippen LogP contribution in [-0.4, -0.2) is 25.2 Å². The number of carboxylic acids is 1. The van der Waals surface area contributed by atoms with Crippen molar-refractivity contribution in [3.63, 3.8) is 0 Å². The molecule has 0 radical (unpaired) electrons. The van der Waals surface area contributed by atoms with Gasteiger partial charge < -0.3 is 9.67 Å². The number of rotatable bonds is 3. The van der Waals surface area contributed by atoms with Crippen molar-refractivity contribution in [2.45, 2.75) is 6.54 Å². The molecule has 0 spiro atoms. The molecule has 0 aromatic carbocycles. The summed E-state index contributed by atoms with van der Waals surface area (Å²) in [5, 5.41) is 8.71. The molecule has 2 aromatic rings. The van der Waals surface area contributed by atoms with Crippen molar-refractivity contribution in [2.24, 2.45) is 7.05 Å². The minimum Gasteiger partial charge on any atom is -0.478 e. The first kappa shape index (κ1) is 11.1. The number of hydrogen-bond acceptors (Lipinski definition) is 3. The third kappa shape index (κ3) is 2.25. The van der Waals surface area contributed by atoms with Gasteiger partial charge in [0.1, 0.15) is 0 Å². The molecule has 0 saturated carbocycles. The van der Waals surface area contributed by atoms with E-state index in [9.17, 15) is 9.59 Å². The number of carbonyl (C=O) groups is 1. The van der Waals surface area contributed by atoms with E-state index in [1.807, 2.05) is 0 Å². The lowest BCUT2D eigenvalue weighted by atomic mass is 10.2. The maximum Gasteiger partial charge on any atom is 0.337 e. The first-order valence-electron chi connectivity index (χ1n) is 4.98. The van der Waals surface area contributed by atoms with Gasteiger partial charge in [-0.2, -0.15) is 0 Å². The van der Waals surface area contributed by atoms with E-state index in [4.69, 9.17) is 5.11 Å². The van der Waals surface area contributed by atoms with E-state index in [1.54, 1.807) is 25.5 Å². The molecular formula is C11H11N3O3. The summed E-state index contributed by atoms with van der Waals surface area (Å²) in [5.41, 5.74) is 0.645. The number of nitrogens with zero attached hydrogens (tertiary/aromatic N) is 3. The van der Waals surface area contributed by atoms with Gasteiger partial charge in [0.05, 0.1) is 17.8 Å². The van der Waals surface area contributed by atoms with Gasteiger partial charge in [-0.25, -0.2) is 9.59 Å². The summed E-state index contributed by atoms with van der Waals surface area (Å²) >= 11 is 0. The van der Waals surface area contributed by atoms with Gasteiger partial charge in [0.15, 0.2) is 0 Å². The van der Waals surface area contributed by atoms with Crippen LogP contribution in [0.1, 0.15) is 16.1 Å². The average Bonchev–Trinajstić information content (AvgIpc) is 2.62. The highest BCUT2D eigenvalue weighted by Gasteiger charge is 2.05. The summed E-state index contributed by atoms with van der Waals surface area (Å²) in [4.78, 5) is 26.2. The topological polar surface area (TPSA) is 77.1 Å². The van der Waals surface area contributed by atoms with Crippen LogP contribution in [0.5, 0.6) is 0 Å². The molecule has 0 aliphatic heterocycles. The van der Waals surface area contributed by atoms with Crippen LogP contribution in [0.15, 0.2) is 35.5 Å². The molecule has 1 N–H and O–H groups in total. The van der Waals surface area contributed by atoms with Crippen LogP contribution in [0.4, 0.5) is 0 Å². The lowest BCUT2D eigenvalue weighted by Crippen LogP contribution is -2.22. The number of pyridine rings is 1. The predicted molar refractivity (Wildman–Crippen MR) is 60.0 cm³/mol. The lowest BCUT2D eigenvalue weighted by molar-refractivity contribution is 0.0696. The summed E-state index contributed by atoms with van der Waals surface area (Å²) < 4.78 is 2.97. The third-order valence-electron chi connectivity index (χ3n) is 2.42. The highest BCUT2D eigenvalue weighted by Crippen LogP contribution is 2.01. The molecule has 0 aliphatic carbocycles. The molecule has 0 saturated heterocycles. The predicted octanol–water partition coefficient (Wildman–Crippen LogP) is 0.328. The molecule has 88 valence electrons. The first-order chi connectivity index (χ1) is 8.08. The molecular weight excluding hydrogens is 222 g/mol. The van der Waals surface area contributed by atoms with Crippen molar-refractivity contribution in [1.82, 2.24) is 14.1 Å². The van der Waals surface area contributed by atoms with Crippen LogP contribution in [0.2, 0.25) is 0 Å². The maximum atomic E-state index is 11.6. The zero-order chi connectivity index (χ0) is 12.4. The van der Waals surface area contributed by atoms with E-state index in [1.165, 1.54) is 21.4 Å². The van der Waals surface area contributed by atoms with Gasteiger partial charge in [0.2, 0.25) is 0 Å². The summed E-state index contributed by atoms with van der Waals surface area (Å²) in [6.45, 7) is 0.333. The van der Waals surface area contributed by atoms with E-state index < -0.39 is 5.97 Å². The molecule has 6 nitrogen and oxygen atoms in total. The summed E-state index contributed by atoms with van der Waals surface area (Å²) in [6.07, 6.45) is 4.61. The second-order valence-electron chi connectivity index (χ2n) is 3.66. The van der Waals surface area contributed by atoms with Crippen LogP contribution < -0.4 is 5.69 Å². The smallest absolute Gasteiger partial charge is 0.337 e. The van der Waals surface area contributed by atoms with E-state index in [2.05, 4.69) is 4.98 Å². The van der Waals surface area contributed by atoms with Crippen molar-refractivity contribution >= 4 is 5.97 Å². The first-order valence-corrected chi connectivity index (χ1v) is 4.98. The Morgan fingerprint density at radius 2 is 2.18 bits per heavy atom. The van der Waals surface area contributed by atoms with Crippen LogP contribution in [0.25, 0.3) is 0 Å². The second-order valence-corrected chi connectivity index (χ2v) is 3.66. The Morgan fingerprint density at radius 1 is 1.41 bits per heavy atom. The lowest BCUT2D eigenvalue weighted by Gasteiger charge is -2.01. The molecule has 0 fully saturated rings. The van der Waals surface area contributed by atoms with Crippen LogP contribution in [-0.2, 0) is 13.6 Å². The van der Waals surface area contributed by atoms with E-state index in [-0.39, 0.29) is 11.3 Å². The van der Waals surface area contributed by atoms with Gasteiger partial charge in [-0.1, -0.05) is 0 Å². The number of carboxylic acid groups (broad SMARTS) is 1. The number of aryl methyl sites for hydroxylation is 1. The van der Waals surface area contributed by atoms with Gasteiger partial charge >= 0.3 is 11.7 Å². The number of aromatic nitrogens is 3. The minimum atomic E-state index is -1.01. The number of hydrogen-bond donors (Lipinski definition) is 1. The van der Waals surface area contributed by atoms with Gasteiger partial charge in [-0.3, -0.25) is 9.55 Å². The third-order valence-corrected chi connectivity index (χ3v) is 2.42. The summed E-state index contributed by atoms with van der Waals surface area (Å²) in [7, 11) is 1.67. The fourth-order valence-electron chi connectivity index (χ4n) is 1.45. The van der Waals surface area contributed by atoms with Crippen LogP contribution in [0, 0.1) is 0 Å². The maximum absolute atomic E-state index is 11.6. The molecule has 0 unspecified atom stereocenters. The Labute approximate surface area is 96.8 Å². The number of imidazole rings is 1. The van der Waals surface area contributed by atoms with Crippen molar-refractivity contribution in [3.8, 4) is 0 Å². The Hall–Kier alpha value is -2.37. The molecule has 2 rings (SSSR count). The van der Waals surface area contributed by atoms with Crippen molar-refractivity contribution in [3.05, 3.63) is 52.5 Å². The Morgan fingerprint density at radius 3 is 2.65 bits per heavy atom. The minimum absolute atomic E-state index is 0.130. The van der Waals surface area contributed by atoms with E-state index in [0.29, 0.717) is 12.2 Å². The zero-order valence-electron chi connectivity index (χ0n) is 9.20. The van der Waals surface area contributed by atoms with Crippen molar-refractivity contribution in [1.29, 1.82) is 0 Å². The Balaban J connectivity index is 2.22. The highest BCUT2D eigenvalue weighted by molar-refractivity contribution is 5.87. The van der Waals surface area contributed by atoms with Gasteiger partial charge in [0.25, 0.3) is 0 Å². The van der Waals surface area contributed by atoms with E-state index >= 15 is 0 Å². The molecule has 0 atom stereocenters. The molecule has 2 heterocycles. The van der Waals surface area contributed by atoms with E-state index in [0.717, 1.165) is 0 Å². The van der Waals surface area contributed by atoms with Gasteiger partial charge in [-0.05, 0) is 12.1 Å². The quantitative estimate of drug-likeness (QED) is 0.828. The standard InChI is InChI=1S/C11H11N3O3/c1-13-4-5-14(11(13)17)7-9-3-2-8(6-12-9)10(15)16/h2-6H,7H2,1H3,(H,15,16). The largest absolute Gasteiger partial charge is 0.478 e. The zero-order valence-corrected chi connectivity index (χ0v) is 9.20. The molecule has 17 heavy (non-hydrogen) atoms. The molecule has 0 bridgehead atoms. The summed E-state index contributed by atoms with van der Waals surface area (Å²) in [5.74, 6) is -1.01. The number of aromatic carboxylic acids is 1. The Kier molecular flexibility index (Phi) is 2.78. The average molecular weight is 233 g/mol. The van der Waals surface area contributed by atoms with Crippen molar-refractivity contribution < 1.29 is 9.90 Å². The fourth-order valence-corrected chi connectivity index (χ4v) is 1.45. The van der Waals surface area contributed by atoms with Crippen LogP contribution >= 0.6 is 0 Å². The van der Waals surface area contributed by atoms with Gasteiger partial charge in [-0.15, -0.1) is 0 Å². The molecule has 6 heteroatoms.